The minimum Gasteiger partial charge on any atom is -0.354 e. The Hall–Kier alpha value is -2.60. The first-order chi connectivity index (χ1) is 13.2. The average molecular weight is 367 g/mol. The van der Waals surface area contributed by atoms with Crippen LogP contribution in [0.5, 0.6) is 0 Å². The summed E-state index contributed by atoms with van der Waals surface area (Å²) in [6.45, 7) is 7.07. The van der Waals surface area contributed by atoms with E-state index in [1.165, 1.54) is 11.1 Å². The molecule has 2 heterocycles. The standard InChI is InChI=1S/C21H30N6/c1-17(19-7-5-4-6-8-19)25-21(22-2)24-16-18-9-10-23-20(15-18)27-13-11-26(3)12-14-27/h4-10,15,17H,11-14,16H2,1-3H3,(H2,22,24,25). The van der Waals surface area contributed by atoms with E-state index in [-0.39, 0.29) is 6.04 Å². The molecular weight excluding hydrogens is 336 g/mol. The van der Waals surface area contributed by atoms with Gasteiger partial charge in [0.2, 0.25) is 0 Å². The summed E-state index contributed by atoms with van der Waals surface area (Å²) in [5.74, 6) is 1.85. The van der Waals surface area contributed by atoms with Crippen molar-refractivity contribution in [3.05, 3.63) is 59.8 Å². The third kappa shape index (κ3) is 5.44. The molecule has 1 atom stereocenters. The minimum absolute atomic E-state index is 0.191. The number of rotatable bonds is 5. The van der Waals surface area contributed by atoms with Crippen LogP contribution in [-0.4, -0.2) is 56.1 Å². The Morgan fingerprint density at radius 2 is 1.89 bits per heavy atom. The molecule has 2 N–H and O–H groups in total. The van der Waals surface area contributed by atoms with Gasteiger partial charge in [-0.2, -0.15) is 0 Å². The molecule has 0 aliphatic carbocycles. The van der Waals surface area contributed by atoms with Crippen LogP contribution in [0.2, 0.25) is 0 Å². The number of anilines is 1. The van der Waals surface area contributed by atoms with Crippen molar-refractivity contribution < 1.29 is 0 Å². The number of nitrogens with one attached hydrogen (secondary N) is 2. The molecule has 1 saturated heterocycles. The average Bonchev–Trinajstić information content (AvgIpc) is 2.72. The van der Waals surface area contributed by atoms with Gasteiger partial charge in [-0.1, -0.05) is 30.3 Å². The molecule has 144 valence electrons. The largest absolute Gasteiger partial charge is 0.354 e. The second kappa shape index (κ2) is 9.37. The van der Waals surface area contributed by atoms with Crippen LogP contribution in [-0.2, 0) is 6.54 Å². The van der Waals surface area contributed by atoms with Gasteiger partial charge in [0.1, 0.15) is 5.82 Å². The van der Waals surface area contributed by atoms with Gasteiger partial charge in [0.05, 0.1) is 6.04 Å². The fraction of sp³-hybridized carbons (Fsp3) is 0.429. The molecule has 3 rings (SSSR count). The summed E-state index contributed by atoms with van der Waals surface area (Å²) < 4.78 is 0. The lowest BCUT2D eigenvalue weighted by molar-refractivity contribution is 0.312. The lowest BCUT2D eigenvalue weighted by Gasteiger charge is -2.33. The van der Waals surface area contributed by atoms with Crippen molar-refractivity contribution in [1.29, 1.82) is 0 Å². The van der Waals surface area contributed by atoms with Crippen molar-refractivity contribution in [2.45, 2.75) is 19.5 Å². The smallest absolute Gasteiger partial charge is 0.191 e. The van der Waals surface area contributed by atoms with Gasteiger partial charge in [0.15, 0.2) is 5.96 Å². The molecule has 1 aromatic carbocycles. The summed E-state index contributed by atoms with van der Waals surface area (Å²) in [4.78, 5) is 13.6. The number of nitrogens with zero attached hydrogens (tertiary/aromatic N) is 4. The number of hydrogen-bond acceptors (Lipinski definition) is 4. The summed E-state index contributed by atoms with van der Waals surface area (Å²) in [5.41, 5.74) is 2.44. The normalized spacial score (nSPS) is 16.9. The minimum atomic E-state index is 0.191. The quantitative estimate of drug-likeness (QED) is 0.628. The first-order valence-corrected chi connectivity index (χ1v) is 9.56. The topological polar surface area (TPSA) is 55.8 Å². The first-order valence-electron chi connectivity index (χ1n) is 9.56. The third-order valence-electron chi connectivity index (χ3n) is 4.97. The van der Waals surface area contributed by atoms with E-state index in [2.05, 4.69) is 80.8 Å². The Morgan fingerprint density at radius 3 is 2.59 bits per heavy atom. The third-order valence-corrected chi connectivity index (χ3v) is 4.97. The number of piperazine rings is 1. The molecule has 1 fully saturated rings. The molecule has 0 bridgehead atoms. The lowest BCUT2D eigenvalue weighted by Crippen LogP contribution is -2.44. The number of pyridine rings is 1. The molecule has 1 unspecified atom stereocenters. The van der Waals surface area contributed by atoms with Crippen molar-refractivity contribution in [1.82, 2.24) is 20.5 Å². The second-order valence-electron chi connectivity index (χ2n) is 7.02. The van der Waals surface area contributed by atoms with Gasteiger partial charge in [-0.15, -0.1) is 0 Å². The zero-order chi connectivity index (χ0) is 19.1. The number of likely N-dealkylation sites (N-methyl/N-ethyl adjacent to an activating group) is 1. The van der Waals surface area contributed by atoms with E-state index < -0.39 is 0 Å². The molecule has 27 heavy (non-hydrogen) atoms. The summed E-state index contributed by atoms with van der Waals surface area (Å²) in [6, 6.07) is 14.8. The monoisotopic (exact) mass is 366 g/mol. The first kappa shape index (κ1) is 19.2. The van der Waals surface area contributed by atoms with E-state index in [0.717, 1.165) is 38.0 Å². The summed E-state index contributed by atoms with van der Waals surface area (Å²) in [6.07, 6.45) is 1.90. The number of guanidine groups is 1. The molecule has 6 nitrogen and oxygen atoms in total. The van der Waals surface area contributed by atoms with E-state index in [4.69, 9.17) is 0 Å². The van der Waals surface area contributed by atoms with Crippen LogP contribution < -0.4 is 15.5 Å². The number of aliphatic imine (C=N–C) groups is 1. The van der Waals surface area contributed by atoms with E-state index in [0.29, 0.717) is 6.54 Å². The van der Waals surface area contributed by atoms with Crippen molar-refractivity contribution in [3.8, 4) is 0 Å². The van der Waals surface area contributed by atoms with Crippen molar-refractivity contribution >= 4 is 11.8 Å². The van der Waals surface area contributed by atoms with Gasteiger partial charge in [-0.3, -0.25) is 4.99 Å². The van der Waals surface area contributed by atoms with E-state index in [9.17, 15) is 0 Å². The van der Waals surface area contributed by atoms with Gasteiger partial charge in [-0.05, 0) is 37.2 Å². The number of benzene rings is 1. The number of hydrogen-bond donors (Lipinski definition) is 2. The molecule has 0 radical (unpaired) electrons. The van der Waals surface area contributed by atoms with Crippen LogP contribution in [0.25, 0.3) is 0 Å². The van der Waals surface area contributed by atoms with E-state index in [1.54, 1.807) is 7.05 Å². The molecule has 1 aliphatic heterocycles. The fourth-order valence-corrected chi connectivity index (χ4v) is 3.19. The Kier molecular flexibility index (Phi) is 6.65. The maximum absolute atomic E-state index is 4.56. The van der Waals surface area contributed by atoms with Gasteiger partial charge in [0.25, 0.3) is 0 Å². The highest BCUT2D eigenvalue weighted by Gasteiger charge is 2.15. The van der Waals surface area contributed by atoms with Crippen LogP contribution in [0.4, 0.5) is 5.82 Å². The lowest BCUT2D eigenvalue weighted by atomic mass is 10.1. The molecular formula is C21H30N6. The highest BCUT2D eigenvalue weighted by molar-refractivity contribution is 5.80. The summed E-state index contributed by atoms with van der Waals surface area (Å²) >= 11 is 0. The Morgan fingerprint density at radius 1 is 1.15 bits per heavy atom. The molecule has 2 aromatic rings. The predicted molar refractivity (Wildman–Crippen MR) is 112 cm³/mol. The van der Waals surface area contributed by atoms with E-state index >= 15 is 0 Å². The van der Waals surface area contributed by atoms with Crippen LogP contribution in [0.1, 0.15) is 24.1 Å². The molecule has 1 aliphatic rings. The van der Waals surface area contributed by atoms with Crippen LogP contribution in [0.3, 0.4) is 0 Å². The Balaban J connectivity index is 1.56. The SMILES string of the molecule is CN=C(NCc1ccnc(N2CCN(C)CC2)c1)NC(C)c1ccccc1. The Labute approximate surface area is 162 Å². The van der Waals surface area contributed by atoms with Gasteiger partial charge >= 0.3 is 0 Å². The Bertz CT molecular complexity index is 737. The maximum Gasteiger partial charge on any atom is 0.191 e. The highest BCUT2D eigenvalue weighted by atomic mass is 15.3. The predicted octanol–water partition coefficient (Wildman–Crippen LogP) is 2.26. The second-order valence-corrected chi connectivity index (χ2v) is 7.02. The molecule has 6 heteroatoms. The van der Waals surface area contributed by atoms with Gasteiger partial charge < -0.3 is 20.4 Å². The summed E-state index contributed by atoms with van der Waals surface area (Å²) in [5, 5.41) is 6.85. The van der Waals surface area contributed by atoms with Crippen molar-refractivity contribution in [2.24, 2.45) is 4.99 Å². The van der Waals surface area contributed by atoms with Crippen LogP contribution >= 0.6 is 0 Å². The highest BCUT2D eigenvalue weighted by Crippen LogP contribution is 2.15. The maximum atomic E-state index is 4.56. The fourth-order valence-electron chi connectivity index (χ4n) is 3.19. The molecule has 1 aromatic heterocycles. The van der Waals surface area contributed by atoms with Crippen LogP contribution in [0.15, 0.2) is 53.7 Å². The van der Waals surface area contributed by atoms with Gasteiger partial charge in [0, 0.05) is 46.0 Å². The molecule has 0 amide bonds. The zero-order valence-electron chi connectivity index (χ0n) is 16.5. The van der Waals surface area contributed by atoms with E-state index in [1.807, 2.05) is 12.3 Å². The van der Waals surface area contributed by atoms with Gasteiger partial charge in [-0.25, -0.2) is 4.98 Å². The number of aromatic nitrogens is 1. The van der Waals surface area contributed by atoms with Crippen molar-refractivity contribution in [3.63, 3.8) is 0 Å². The van der Waals surface area contributed by atoms with Crippen molar-refractivity contribution in [2.75, 3.05) is 45.2 Å². The molecule has 0 spiro atoms. The molecule has 0 saturated carbocycles. The zero-order valence-corrected chi connectivity index (χ0v) is 16.5. The summed E-state index contributed by atoms with van der Waals surface area (Å²) in [7, 11) is 3.97. The van der Waals surface area contributed by atoms with Crippen LogP contribution in [0, 0.1) is 0 Å².